The van der Waals surface area contributed by atoms with E-state index in [0.717, 1.165) is 6.54 Å². The van der Waals surface area contributed by atoms with Gasteiger partial charge < -0.3 is 4.90 Å². The Balaban J connectivity index is 2.79. The maximum Gasteiger partial charge on any atom is 0.212 e. The van der Waals surface area contributed by atoms with Crippen LogP contribution in [0.1, 0.15) is 20.3 Å². The molecule has 1 heterocycles. The first kappa shape index (κ1) is 10.9. The number of hydrogen-bond acceptors (Lipinski definition) is 3. The molecule has 1 rings (SSSR count). The van der Waals surface area contributed by atoms with Crippen LogP contribution in [0.25, 0.3) is 0 Å². The highest BCUT2D eigenvalue weighted by atomic mass is 32.2. The molecule has 4 nitrogen and oxygen atoms in total. The average molecular weight is 206 g/mol. The Hall–Kier alpha value is -0.130. The van der Waals surface area contributed by atoms with Gasteiger partial charge in [-0.2, -0.15) is 0 Å². The molecule has 0 amide bonds. The second-order valence-corrected chi connectivity index (χ2v) is 5.91. The second kappa shape index (κ2) is 3.55. The predicted octanol–water partition coefficient (Wildman–Crippen LogP) is 0.00360. The van der Waals surface area contributed by atoms with Gasteiger partial charge in [0.25, 0.3) is 0 Å². The molecule has 1 aliphatic rings. The van der Waals surface area contributed by atoms with Crippen molar-refractivity contribution in [1.82, 2.24) is 4.90 Å². The van der Waals surface area contributed by atoms with Gasteiger partial charge >= 0.3 is 0 Å². The van der Waals surface area contributed by atoms with Gasteiger partial charge in [-0.25, -0.2) is 13.6 Å². The summed E-state index contributed by atoms with van der Waals surface area (Å²) in [5, 5.41) is 4.80. The van der Waals surface area contributed by atoms with Crippen molar-refractivity contribution in [1.29, 1.82) is 0 Å². The number of nitrogens with two attached hydrogens (primary N) is 1. The summed E-state index contributed by atoms with van der Waals surface area (Å²) >= 11 is 0. The van der Waals surface area contributed by atoms with E-state index in [1.165, 1.54) is 0 Å². The topological polar surface area (TPSA) is 63.4 Å². The van der Waals surface area contributed by atoms with E-state index in [1.54, 1.807) is 0 Å². The Kier molecular flexibility index (Phi) is 2.99. The maximum absolute atomic E-state index is 11.2. The third-order valence-corrected chi connectivity index (χ3v) is 4.46. The fourth-order valence-electron chi connectivity index (χ4n) is 1.96. The standard InChI is InChI=1S/C8H18N2O2S/c1-6-5-10(3)7(2)4-8(6)13(9,11)12/h6-8H,4-5H2,1-3H3,(H2,9,11,12). The van der Waals surface area contributed by atoms with Crippen molar-refractivity contribution in [2.45, 2.75) is 31.6 Å². The Morgan fingerprint density at radius 1 is 1.38 bits per heavy atom. The molecule has 1 saturated heterocycles. The zero-order chi connectivity index (χ0) is 10.2. The zero-order valence-electron chi connectivity index (χ0n) is 8.40. The van der Waals surface area contributed by atoms with Crippen LogP contribution in [0, 0.1) is 5.92 Å². The molecule has 0 bridgehead atoms. The number of rotatable bonds is 1. The van der Waals surface area contributed by atoms with Crippen LogP contribution < -0.4 is 5.14 Å². The molecule has 0 spiro atoms. The first-order valence-electron chi connectivity index (χ1n) is 4.54. The first-order valence-corrected chi connectivity index (χ1v) is 6.15. The first-order chi connectivity index (χ1) is 5.82. The molecule has 2 N–H and O–H groups in total. The number of likely N-dealkylation sites (tertiary alicyclic amines) is 1. The van der Waals surface area contributed by atoms with Crippen molar-refractivity contribution < 1.29 is 8.42 Å². The molecule has 0 aliphatic carbocycles. The van der Waals surface area contributed by atoms with E-state index < -0.39 is 10.0 Å². The van der Waals surface area contributed by atoms with Crippen molar-refractivity contribution in [3.8, 4) is 0 Å². The molecule has 0 saturated carbocycles. The fraction of sp³-hybridized carbons (Fsp3) is 1.00. The molecule has 1 aliphatic heterocycles. The molecule has 0 aromatic heterocycles. The molecular formula is C8H18N2O2S. The largest absolute Gasteiger partial charge is 0.303 e. The lowest BCUT2D eigenvalue weighted by Gasteiger charge is -2.38. The van der Waals surface area contributed by atoms with Gasteiger partial charge in [0, 0.05) is 12.6 Å². The lowest BCUT2D eigenvalue weighted by molar-refractivity contribution is 0.160. The summed E-state index contributed by atoms with van der Waals surface area (Å²) in [4.78, 5) is 2.17. The van der Waals surface area contributed by atoms with Crippen molar-refractivity contribution in [3.63, 3.8) is 0 Å². The zero-order valence-corrected chi connectivity index (χ0v) is 9.21. The van der Waals surface area contributed by atoms with E-state index in [9.17, 15) is 8.42 Å². The molecule has 0 aromatic rings. The van der Waals surface area contributed by atoms with Crippen molar-refractivity contribution in [2.75, 3.05) is 13.6 Å². The van der Waals surface area contributed by atoms with E-state index in [-0.39, 0.29) is 11.2 Å². The third kappa shape index (κ3) is 2.42. The third-order valence-electron chi connectivity index (χ3n) is 2.96. The highest BCUT2D eigenvalue weighted by molar-refractivity contribution is 7.89. The van der Waals surface area contributed by atoms with Crippen LogP contribution in [0.5, 0.6) is 0 Å². The van der Waals surface area contributed by atoms with Gasteiger partial charge in [-0.1, -0.05) is 6.92 Å². The predicted molar refractivity (Wildman–Crippen MR) is 52.8 cm³/mol. The Morgan fingerprint density at radius 2 is 1.92 bits per heavy atom. The molecule has 13 heavy (non-hydrogen) atoms. The van der Waals surface area contributed by atoms with Crippen LogP contribution in [0.3, 0.4) is 0 Å². The van der Waals surface area contributed by atoms with Crippen LogP contribution >= 0.6 is 0 Å². The van der Waals surface area contributed by atoms with Gasteiger partial charge in [-0.3, -0.25) is 0 Å². The summed E-state index contributed by atoms with van der Waals surface area (Å²) in [5.41, 5.74) is 0. The van der Waals surface area contributed by atoms with Crippen LogP contribution in [0.4, 0.5) is 0 Å². The van der Waals surface area contributed by atoms with E-state index in [1.807, 2.05) is 20.9 Å². The fourth-order valence-corrected chi connectivity index (χ4v) is 3.24. The highest BCUT2D eigenvalue weighted by Gasteiger charge is 2.35. The Bertz CT molecular complexity index is 276. The quantitative estimate of drug-likeness (QED) is 0.657. The number of sulfonamides is 1. The molecule has 1 fully saturated rings. The number of hydrogen-bond donors (Lipinski definition) is 1. The molecule has 3 unspecified atom stereocenters. The molecule has 78 valence electrons. The summed E-state index contributed by atoms with van der Waals surface area (Å²) in [5.74, 6) is 0.135. The van der Waals surface area contributed by atoms with Crippen LogP contribution in [0.15, 0.2) is 0 Å². The number of piperidine rings is 1. The summed E-state index contributed by atoms with van der Waals surface area (Å²) in [6.45, 7) is 4.78. The summed E-state index contributed by atoms with van der Waals surface area (Å²) in [6, 6.07) is 0.305. The summed E-state index contributed by atoms with van der Waals surface area (Å²) < 4.78 is 22.4. The smallest absolute Gasteiger partial charge is 0.212 e. The van der Waals surface area contributed by atoms with Crippen molar-refractivity contribution in [2.24, 2.45) is 11.1 Å². The van der Waals surface area contributed by atoms with E-state index in [2.05, 4.69) is 4.90 Å². The molecule has 3 atom stereocenters. The lowest BCUT2D eigenvalue weighted by atomic mass is 9.95. The molecular weight excluding hydrogens is 188 g/mol. The molecule has 0 radical (unpaired) electrons. The lowest BCUT2D eigenvalue weighted by Crippen LogP contribution is -2.49. The van der Waals surface area contributed by atoms with Gasteiger partial charge in [0.2, 0.25) is 10.0 Å². The number of nitrogens with zero attached hydrogens (tertiary/aromatic N) is 1. The minimum atomic E-state index is -3.36. The van der Waals surface area contributed by atoms with Gasteiger partial charge in [-0.05, 0) is 26.3 Å². The SMILES string of the molecule is CC1CN(C)C(C)CC1S(N)(=O)=O. The van der Waals surface area contributed by atoms with Crippen LogP contribution in [-0.4, -0.2) is 38.2 Å². The van der Waals surface area contributed by atoms with Crippen LogP contribution in [0.2, 0.25) is 0 Å². The molecule has 0 aromatic carbocycles. The van der Waals surface area contributed by atoms with Gasteiger partial charge in [0.1, 0.15) is 0 Å². The second-order valence-electron chi connectivity index (χ2n) is 4.13. The van der Waals surface area contributed by atoms with Crippen molar-refractivity contribution >= 4 is 10.0 Å². The van der Waals surface area contributed by atoms with Crippen LogP contribution in [-0.2, 0) is 10.0 Å². The van der Waals surface area contributed by atoms with E-state index in [0.29, 0.717) is 12.5 Å². The number of primary sulfonamides is 1. The minimum Gasteiger partial charge on any atom is -0.303 e. The monoisotopic (exact) mass is 206 g/mol. The summed E-state index contributed by atoms with van der Waals surface area (Å²) in [6.07, 6.45) is 0.649. The van der Waals surface area contributed by atoms with E-state index in [4.69, 9.17) is 5.14 Å². The Morgan fingerprint density at radius 3 is 2.38 bits per heavy atom. The van der Waals surface area contributed by atoms with Crippen molar-refractivity contribution in [3.05, 3.63) is 0 Å². The average Bonchev–Trinajstić information content (AvgIpc) is 1.94. The van der Waals surface area contributed by atoms with Gasteiger partial charge in [-0.15, -0.1) is 0 Å². The molecule has 5 heteroatoms. The van der Waals surface area contributed by atoms with Gasteiger partial charge in [0.05, 0.1) is 5.25 Å². The summed E-state index contributed by atoms with van der Waals surface area (Å²) in [7, 11) is -1.34. The Labute approximate surface area is 80.1 Å². The highest BCUT2D eigenvalue weighted by Crippen LogP contribution is 2.24. The maximum atomic E-state index is 11.2. The van der Waals surface area contributed by atoms with Gasteiger partial charge in [0.15, 0.2) is 0 Å². The minimum absolute atomic E-state index is 0.135. The normalized spacial score (nSPS) is 37.7. The van der Waals surface area contributed by atoms with E-state index >= 15 is 0 Å².